The summed E-state index contributed by atoms with van der Waals surface area (Å²) in [6.45, 7) is 1.68. The van der Waals surface area contributed by atoms with Crippen molar-refractivity contribution in [3.8, 4) is 11.4 Å². The largest absolute Gasteiger partial charge is 0.321 e. The Hall–Kier alpha value is -3.03. The van der Waals surface area contributed by atoms with Crippen LogP contribution in [0.25, 0.3) is 11.4 Å². The van der Waals surface area contributed by atoms with Gasteiger partial charge in [0.2, 0.25) is 5.91 Å². The van der Waals surface area contributed by atoms with Crippen LogP contribution in [0.2, 0.25) is 0 Å². The SMILES string of the molecule is CC(C(=O)Nc1cn(C)nc1C(F)F)n1ccnc1-c1ccccc1. The molecule has 2 heterocycles. The Morgan fingerprint density at radius 3 is 2.64 bits per heavy atom. The number of rotatable bonds is 5. The van der Waals surface area contributed by atoms with E-state index in [1.54, 1.807) is 23.9 Å². The molecule has 0 saturated carbocycles. The van der Waals surface area contributed by atoms with Crippen LogP contribution in [-0.4, -0.2) is 25.2 Å². The maximum Gasteiger partial charge on any atom is 0.284 e. The van der Waals surface area contributed by atoms with Crippen LogP contribution in [0.4, 0.5) is 14.5 Å². The number of hydrogen-bond acceptors (Lipinski definition) is 3. The summed E-state index contributed by atoms with van der Waals surface area (Å²) in [5, 5.41) is 6.21. The topological polar surface area (TPSA) is 64.7 Å². The Morgan fingerprint density at radius 2 is 1.96 bits per heavy atom. The number of nitrogens with one attached hydrogen (secondary N) is 1. The van der Waals surface area contributed by atoms with Crippen LogP contribution in [0.5, 0.6) is 0 Å². The zero-order valence-electron chi connectivity index (χ0n) is 13.7. The average Bonchev–Trinajstić information content (AvgIpc) is 3.21. The van der Waals surface area contributed by atoms with Gasteiger partial charge in [-0.25, -0.2) is 13.8 Å². The minimum atomic E-state index is -2.76. The van der Waals surface area contributed by atoms with Crippen LogP contribution in [-0.2, 0) is 11.8 Å². The molecule has 0 saturated heterocycles. The van der Waals surface area contributed by atoms with E-state index in [-0.39, 0.29) is 5.69 Å². The van der Waals surface area contributed by atoms with E-state index in [9.17, 15) is 13.6 Å². The summed E-state index contributed by atoms with van der Waals surface area (Å²) in [4.78, 5) is 16.8. The van der Waals surface area contributed by atoms with Crippen molar-refractivity contribution in [2.45, 2.75) is 19.4 Å². The van der Waals surface area contributed by atoms with Gasteiger partial charge in [-0.15, -0.1) is 0 Å². The number of nitrogens with zero attached hydrogens (tertiary/aromatic N) is 4. The number of alkyl halides is 2. The van der Waals surface area contributed by atoms with Gasteiger partial charge in [-0.2, -0.15) is 5.10 Å². The van der Waals surface area contributed by atoms with Gasteiger partial charge in [0, 0.05) is 31.2 Å². The molecule has 1 atom stereocenters. The molecule has 0 aliphatic heterocycles. The predicted octanol–water partition coefficient (Wildman–Crippen LogP) is 3.42. The number of hydrogen-bond donors (Lipinski definition) is 1. The smallest absolute Gasteiger partial charge is 0.284 e. The first-order chi connectivity index (χ1) is 12.0. The number of halogens is 2. The van der Waals surface area contributed by atoms with Crippen LogP contribution in [0.3, 0.4) is 0 Å². The molecule has 3 aromatic rings. The molecule has 0 fully saturated rings. The second-order valence-electron chi connectivity index (χ2n) is 5.59. The fourth-order valence-corrected chi connectivity index (χ4v) is 2.56. The number of carbonyl (C=O) groups is 1. The van der Waals surface area contributed by atoms with E-state index in [1.165, 1.54) is 17.9 Å². The summed E-state index contributed by atoms with van der Waals surface area (Å²) < 4.78 is 29.0. The van der Waals surface area contributed by atoms with Crippen molar-refractivity contribution in [2.75, 3.05) is 5.32 Å². The molecular weight excluding hydrogens is 328 g/mol. The third-order valence-electron chi connectivity index (χ3n) is 3.82. The average molecular weight is 345 g/mol. The van der Waals surface area contributed by atoms with Gasteiger partial charge in [-0.05, 0) is 6.92 Å². The van der Waals surface area contributed by atoms with Crippen LogP contribution >= 0.6 is 0 Å². The molecule has 0 radical (unpaired) electrons. The second kappa shape index (κ2) is 6.84. The molecule has 1 aromatic carbocycles. The zero-order chi connectivity index (χ0) is 18.0. The molecule has 0 aliphatic carbocycles. The monoisotopic (exact) mass is 345 g/mol. The van der Waals surface area contributed by atoms with E-state index in [4.69, 9.17) is 0 Å². The maximum atomic E-state index is 13.0. The number of aryl methyl sites for hydroxylation is 1. The Kier molecular flexibility index (Phi) is 4.60. The van der Waals surface area contributed by atoms with Gasteiger partial charge >= 0.3 is 0 Å². The van der Waals surface area contributed by atoms with E-state index in [0.29, 0.717) is 5.82 Å². The summed E-state index contributed by atoms with van der Waals surface area (Å²) in [6.07, 6.45) is 1.88. The van der Waals surface area contributed by atoms with Gasteiger partial charge in [-0.3, -0.25) is 9.48 Å². The molecule has 1 amide bonds. The molecule has 25 heavy (non-hydrogen) atoms. The molecule has 0 spiro atoms. The minimum absolute atomic E-state index is 0.00993. The van der Waals surface area contributed by atoms with Crippen LogP contribution < -0.4 is 5.32 Å². The standard InChI is InChI=1S/C17H17F2N5O/c1-11(17(25)21-13-10-23(2)22-14(13)15(18)19)24-9-8-20-16(24)12-6-4-3-5-7-12/h3-11,15H,1-2H3,(H,21,25). The van der Waals surface area contributed by atoms with Gasteiger partial charge in [0.05, 0.1) is 5.69 Å². The van der Waals surface area contributed by atoms with Gasteiger partial charge in [-0.1, -0.05) is 30.3 Å². The van der Waals surface area contributed by atoms with E-state index in [1.807, 2.05) is 30.3 Å². The summed E-state index contributed by atoms with van der Waals surface area (Å²) in [5.74, 6) is 0.202. The van der Waals surface area contributed by atoms with Gasteiger partial charge in [0.1, 0.15) is 11.9 Å². The molecule has 2 aromatic heterocycles. The number of carbonyl (C=O) groups excluding carboxylic acids is 1. The normalized spacial score (nSPS) is 12.4. The van der Waals surface area contributed by atoms with Gasteiger partial charge in [0.25, 0.3) is 6.43 Å². The number of anilines is 1. The molecular formula is C17H17F2N5O. The fraction of sp³-hybridized carbons (Fsp3) is 0.235. The highest BCUT2D eigenvalue weighted by Gasteiger charge is 2.23. The van der Waals surface area contributed by atoms with Crippen molar-refractivity contribution < 1.29 is 13.6 Å². The van der Waals surface area contributed by atoms with E-state index in [0.717, 1.165) is 5.56 Å². The van der Waals surface area contributed by atoms with Crippen molar-refractivity contribution >= 4 is 11.6 Å². The Labute approximate surface area is 143 Å². The van der Waals surface area contributed by atoms with Crippen molar-refractivity contribution in [2.24, 2.45) is 7.05 Å². The highest BCUT2D eigenvalue weighted by Crippen LogP contribution is 2.27. The number of aromatic nitrogens is 4. The quantitative estimate of drug-likeness (QED) is 0.771. The fourth-order valence-electron chi connectivity index (χ4n) is 2.56. The maximum absolute atomic E-state index is 13.0. The lowest BCUT2D eigenvalue weighted by atomic mass is 10.2. The zero-order valence-corrected chi connectivity index (χ0v) is 13.7. The molecule has 8 heteroatoms. The molecule has 130 valence electrons. The number of benzene rings is 1. The second-order valence-corrected chi connectivity index (χ2v) is 5.59. The third-order valence-corrected chi connectivity index (χ3v) is 3.82. The lowest BCUT2D eigenvalue weighted by Gasteiger charge is -2.16. The van der Waals surface area contributed by atoms with Crippen LogP contribution in [0.1, 0.15) is 25.1 Å². The predicted molar refractivity (Wildman–Crippen MR) is 89.2 cm³/mol. The Morgan fingerprint density at radius 1 is 1.24 bits per heavy atom. The van der Waals surface area contributed by atoms with Crippen molar-refractivity contribution in [1.29, 1.82) is 0 Å². The molecule has 6 nitrogen and oxygen atoms in total. The van der Waals surface area contributed by atoms with Crippen molar-refractivity contribution in [3.05, 3.63) is 54.6 Å². The van der Waals surface area contributed by atoms with Crippen molar-refractivity contribution in [3.63, 3.8) is 0 Å². The first-order valence-electron chi connectivity index (χ1n) is 7.68. The van der Waals surface area contributed by atoms with E-state index >= 15 is 0 Å². The lowest BCUT2D eigenvalue weighted by molar-refractivity contribution is -0.118. The summed E-state index contributed by atoms with van der Waals surface area (Å²) in [5.41, 5.74) is 0.425. The van der Waals surface area contributed by atoms with Gasteiger partial charge < -0.3 is 9.88 Å². The summed E-state index contributed by atoms with van der Waals surface area (Å²) in [6, 6.07) is 8.79. The Balaban J connectivity index is 1.84. The molecule has 3 rings (SSSR count). The summed E-state index contributed by atoms with van der Waals surface area (Å²) >= 11 is 0. The van der Waals surface area contributed by atoms with E-state index in [2.05, 4.69) is 15.4 Å². The summed E-state index contributed by atoms with van der Waals surface area (Å²) in [7, 11) is 1.52. The number of amides is 1. The lowest BCUT2D eigenvalue weighted by Crippen LogP contribution is -2.24. The van der Waals surface area contributed by atoms with Gasteiger partial charge in [0.15, 0.2) is 5.69 Å². The van der Waals surface area contributed by atoms with E-state index < -0.39 is 24.1 Å². The number of imidazole rings is 1. The first kappa shape index (κ1) is 16.8. The van der Waals surface area contributed by atoms with Crippen LogP contribution in [0, 0.1) is 0 Å². The van der Waals surface area contributed by atoms with Crippen LogP contribution in [0.15, 0.2) is 48.9 Å². The first-order valence-corrected chi connectivity index (χ1v) is 7.68. The molecule has 0 bridgehead atoms. The highest BCUT2D eigenvalue weighted by molar-refractivity contribution is 5.94. The Bertz CT molecular complexity index is 872. The third kappa shape index (κ3) is 3.42. The van der Waals surface area contributed by atoms with Crippen molar-refractivity contribution in [1.82, 2.24) is 19.3 Å². The minimum Gasteiger partial charge on any atom is -0.321 e. The molecule has 0 aliphatic rings. The molecule has 1 unspecified atom stereocenters. The molecule has 1 N–H and O–H groups in total. The highest BCUT2D eigenvalue weighted by atomic mass is 19.3.